The average Bonchev–Trinajstić information content (AvgIpc) is 2.67. The molecule has 1 aliphatic carbocycles. The van der Waals surface area contributed by atoms with E-state index in [0.29, 0.717) is 17.0 Å². The summed E-state index contributed by atoms with van der Waals surface area (Å²) >= 11 is 0. The van der Waals surface area contributed by atoms with Crippen molar-refractivity contribution >= 4 is 23.7 Å². The number of rotatable bonds is 5. The highest BCUT2D eigenvalue weighted by molar-refractivity contribution is 6.11. The van der Waals surface area contributed by atoms with E-state index in [4.69, 9.17) is 4.74 Å². The van der Waals surface area contributed by atoms with Crippen LogP contribution in [-0.2, 0) is 25.5 Å². The number of nitrogens with zero attached hydrogens (tertiary/aromatic N) is 1. The lowest BCUT2D eigenvalue weighted by molar-refractivity contribution is -0.157. The second-order valence-electron chi connectivity index (χ2n) is 7.63. The van der Waals surface area contributed by atoms with Crippen LogP contribution in [0.2, 0.25) is 0 Å². The quantitative estimate of drug-likeness (QED) is 0.616. The number of ether oxygens (including phenoxy) is 1. The number of fused-ring (bicyclic) bond motifs is 1. The lowest BCUT2D eigenvalue weighted by Gasteiger charge is -2.30. The molecule has 1 N–H and O–H groups in total. The van der Waals surface area contributed by atoms with Gasteiger partial charge in [0.15, 0.2) is 6.10 Å². The van der Waals surface area contributed by atoms with Crippen molar-refractivity contribution in [2.75, 3.05) is 6.54 Å². The van der Waals surface area contributed by atoms with Crippen LogP contribution in [0.1, 0.15) is 55.5 Å². The molecule has 1 fully saturated rings. The Morgan fingerprint density at radius 2 is 1.93 bits per heavy atom. The van der Waals surface area contributed by atoms with E-state index in [1.165, 1.54) is 13.3 Å². The van der Waals surface area contributed by atoms with Crippen LogP contribution in [0.4, 0.5) is 0 Å². The molecule has 0 saturated heterocycles. The Labute approximate surface area is 164 Å². The topological polar surface area (TPSA) is 92.8 Å². The molecule has 1 saturated carbocycles. The summed E-state index contributed by atoms with van der Waals surface area (Å²) in [6.45, 7) is 3.10. The molecular weight excluding hydrogens is 360 g/mol. The van der Waals surface area contributed by atoms with E-state index in [2.05, 4.69) is 12.2 Å². The molecule has 2 aliphatic rings. The monoisotopic (exact) mass is 386 g/mol. The predicted octanol–water partition coefficient (Wildman–Crippen LogP) is 1.84. The van der Waals surface area contributed by atoms with Crippen LogP contribution < -0.4 is 5.32 Å². The minimum atomic E-state index is -0.982. The summed E-state index contributed by atoms with van der Waals surface area (Å²) in [5.41, 5.74) is 1.06. The second kappa shape index (κ2) is 8.54. The first kappa shape index (κ1) is 20.0. The minimum absolute atomic E-state index is 0.0603. The zero-order valence-electron chi connectivity index (χ0n) is 16.3. The third-order valence-electron chi connectivity index (χ3n) is 5.54. The van der Waals surface area contributed by atoms with Crippen LogP contribution in [0.3, 0.4) is 0 Å². The maximum absolute atomic E-state index is 12.5. The van der Waals surface area contributed by atoms with Crippen LogP contribution in [-0.4, -0.2) is 47.3 Å². The highest BCUT2D eigenvalue weighted by Crippen LogP contribution is 2.24. The maximum Gasteiger partial charge on any atom is 0.326 e. The molecule has 0 unspecified atom stereocenters. The number of esters is 1. The van der Waals surface area contributed by atoms with E-state index in [1.807, 2.05) is 0 Å². The van der Waals surface area contributed by atoms with Gasteiger partial charge in [-0.1, -0.05) is 38.0 Å². The van der Waals surface area contributed by atoms with Crippen molar-refractivity contribution in [3.63, 3.8) is 0 Å². The first-order chi connectivity index (χ1) is 13.4. The SMILES string of the molecule is C[C@@H]1CCCC[C@H]1NC(=O)[C@@H](C)OC(=O)CN1C(=O)Cc2ccccc2C1=O. The van der Waals surface area contributed by atoms with Gasteiger partial charge in [0.05, 0.1) is 6.42 Å². The molecule has 1 aromatic carbocycles. The van der Waals surface area contributed by atoms with Crippen LogP contribution in [0.25, 0.3) is 0 Å². The van der Waals surface area contributed by atoms with E-state index in [0.717, 1.165) is 24.2 Å². The first-order valence-corrected chi connectivity index (χ1v) is 9.79. The van der Waals surface area contributed by atoms with Crippen molar-refractivity contribution < 1.29 is 23.9 Å². The average molecular weight is 386 g/mol. The first-order valence-electron chi connectivity index (χ1n) is 9.79. The van der Waals surface area contributed by atoms with Gasteiger partial charge in [-0.15, -0.1) is 0 Å². The number of carbonyl (C=O) groups excluding carboxylic acids is 4. The van der Waals surface area contributed by atoms with E-state index in [9.17, 15) is 19.2 Å². The molecular formula is C21H26N2O5. The normalized spacial score (nSPS) is 23.0. The number of amides is 3. The van der Waals surface area contributed by atoms with Crippen molar-refractivity contribution in [2.45, 2.75) is 58.1 Å². The Kier molecular flexibility index (Phi) is 6.11. The van der Waals surface area contributed by atoms with Gasteiger partial charge in [-0.25, -0.2) is 0 Å². The fourth-order valence-electron chi connectivity index (χ4n) is 3.81. The highest BCUT2D eigenvalue weighted by atomic mass is 16.5. The van der Waals surface area contributed by atoms with Crippen LogP contribution >= 0.6 is 0 Å². The van der Waals surface area contributed by atoms with Gasteiger partial charge in [-0.05, 0) is 37.3 Å². The predicted molar refractivity (Wildman–Crippen MR) is 101 cm³/mol. The Bertz CT molecular complexity index is 791. The third-order valence-corrected chi connectivity index (χ3v) is 5.54. The zero-order chi connectivity index (χ0) is 20.3. The van der Waals surface area contributed by atoms with E-state index in [-0.39, 0.29) is 18.4 Å². The Balaban J connectivity index is 1.55. The van der Waals surface area contributed by atoms with Gasteiger partial charge in [0.1, 0.15) is 6.54 Å². The van der Waals surface area contributed by atoms with Crippen molar-refractivity contribution in [2.24, 2.45) is 5.92 Å². The smallest absolute Gasteiger partial charge is 0.326 e. The summed E-state index contributed by atoms with van der Waals surface area (Å²) in [5, 5.41) is 2.94. The molecule has 7 nitrogen and oxygen atoms in total. The van der Waals surface area contributed by atoms with Gasteiger partial charge in [-0.2, -0.15) is 0 Å². The summed E-state index contributed by atoms with van der Waals surface area (Å²) in [6.07, 6.45) is 3.31. The summed E-state index contributed by atoms with van der Waals surface area (Å²) in [4.78, 5) is 50.2. The molecule has 0 radical (unpaired) electrons. The molecule has 3 rings (SSSR count). The lowest BCUT2D eigenvalue weighted by Crippen LogP contribution is -2.48. The molecule has 3 amide bonds. The highest BCUT2D eigenvalue weighted by Gasteiger charge is 2.33. The molecule has 1 heterocycles. The number of carbonyl (C=O) groups is 4. The van der Waals surface area contributed by atoms with Crippen LogP contribution in [0, 0.1) is 5.92 Å². The van der Waals surface area contributed by atoms with Crippen molar-refractivity contribution in [3.8, 4) is 0 Å². The number of nitrogens with one attached hydrogen (secondary N) is 1. The number of benzene rings is 1. The Hall–Kier alpha value is -2.70. The molecule has 28 heavy (non-hydrogen) atoms. The maximum atomic E-state index is 12.5. The number of hydrogen-bond donors (Lipinski definition) is 1. The summed E-state index contributed by atoms with van der Waals surface area (Å²) in [5.74, 6) is -1.70. The summed E-state index contributed by atoms with van der Waals surface area (Å²) in [7, 11) is 0. The Morgan fingerprint density at radius 1 is 1.21 bits per heavy atom. The van der Waals surface area contributed by atoms with Crippen molar-refractivity contribution in [1.29, 1.82) is 0 Å². The fourth-order valence-corrected chi connectivity index (χ4v) is 3.81. The minimum Gasteiger partial charge on any atom is -0.451 e. The van der Waals surface area contributed by atoms with Crippen molar-refractivity contribution in [1.82, 2.24) is 10.2 Å². The van der Waals surface area contributed by atoms with Crippen LogP contribution in [0.15, 0.2) is 24.3 Å². The van der Waals surface area contributed by atoms with Crippen LogP contribution in [0.5, 0.6) is 0 Å². The van der Waals surface area contributed by atoms with E-state index in [1.54, 1.807) is 24.3 Å². The molecule has 1 aliphatic heterocycles. The fraction of sp³-hybridized carbons (Fsp3) is 0.524. The molecule has 1 aromatic rings. The molecule has 150 valence electrons. The third kappa shape index (κ3) is 4.40. The molecule has 7 heteroatoms. The zero-order valence-corrected chi connectivity index (χ0v) is 16.3. The van der Waals surface area contributed by atoms with E-state index < -0.39 is 30.4 Å². The van der Waals surface area contributed by atoms with Gasteiger partial charge in [0.2, 0.25) is 5.91 Å². The van der Waals surface area contributed by atoms with Gasteiger partial charge >= 0.3 is 5.97 Å². The van der Waals surface area contributed by atoms with Gasteiger partial charge in [-0.3, -0.25) is 24.1 Å². The molecule has 0 bridgehead atoms. The number of imide groups is 1. The Morgan fingerprint density at radius 3 is 2.68 bits per heavy atom. The second-order valence-corrected chi connectivity index (χ2v) is 7.63. The molecule has 0 spiro atoms. The van der Waals surface area contributed by atoms with Gasteiger partial charge < -0.3 is 10.1 Å². The number of hydrogen-bond acceptors (Lipinski definition) is 5. The lowest BCUT2D eigenvalue weighted by atomic mass is 9.86. The van der Waals surface area contributed by atoms with Gasteiger partial charge in [0.25, 0.3) is 11.8 Å². The largest absolute Gasteiger partial charge is 0.451 e. The molecule has 0 aromatic heterocycles. The van der Waals surface area contributed by atoms with Gasteiger partial charge in [0, 0.05) is 11.6 Å². The summed E-state index contributed by atoms with van der Waals surface area (Å²) in [6, 6.07) is 6.91. The molecule has 3 atom stereocenters. The summed E-state index contributed by atoms with van der Waals surface area (Å²) < 4.78 is 5.18. The standard InChI is InChI=1S/C21H26N2O5/c1-13-7-3-6-10-17(13)22-20(26)14(2)28-19(25)12-23-18(24)11-15-8-4-5-9-16(15)21(23)27/h4-5,8-9,13-14,17H,3,6-7,10-12H2,1-2H3,(H,22,26)/t13-,14-,17-/m1/s1. The van der Waals surface area contributed by atoms with E-state index >= 15 is 0 Å². The van der Waals surface area contributed by atoms with Crippen molar-refractivity contribution in [3.05, 3.63) is 35.4 Å².